The highest BCUT2D eigenvalue weighted by molar-refractivity contribution is 8.00. The van der Waals surface area contributed by atoms with Crippen LogP contribution in [-0.2, 0) is 9.53 Å². The summed E-state index contributed by atoms with van der Waals surface area (Å²) in [5, 5.41) is 0.751. The first kappa shape index (κ1) is 15.8. The van der Waals surface area contributed by atoms with Crippen molar-refractivity contribution in [3.63, 3.8) is 0 Å². The maximum Gasteiger partial charge on any atom is 0.236 e. The fraction of sp³-hybridized carbons (Fsp3) is 0.529. The molecule has 2 aliphatic rings. The van der Waals surface area contributed by atoms with E-state index in [0.29, 0.717) is 6.04 Å². The van der Waals surface area contributed by atoms with Gasteiger partial charge in [-0.3, -0.25) is 4.79 Å². The minimum atomic E-state index is -0.0460. The molecule has 1 aromatic carbocycles. The van der Waals surface area contributed by atoms with E-state index < -0.39 is 0 Å². The zero-order valence-corrected chi connectivity index (χ0v) is 14.5. The average Bonchev–Trinajstić information content (AvgIpc) is 3.18. The van der Waals surface area contributed by atoms with Crippen molar-refractivity contribution in [2.24, 2.45) is 0 Å². The van der Waals surface area contributed by atoms with Gasteiger partial charge in [-0.25, -0.2) is 4.98 Å². The Morgan fingerprint density at radius 3 is 2.96 bits per heavy atom. The van der Waals surface area contributed by atoms with Crippen LogP contribution in [0, 0.1) is 0 Å². The number of amides is 1. The largest absolute Gasteiger partial charge is 0.497 e. The Labute approximate surface area is 144 Å². The second-order valence-corrected chi connectivity index (χ2v) is 7.39. The predicted octanol–water partition coefficient (Wildman–Crippen LogP) is 2.44. The molecule has 0 saturated carbocycles. The third-order valence-electron chi connectivity index (χ3n) is 4.74. The summed E-state index contributed by atoms with van der Waals surface area (Å²) < 4.78 is 10.6. The molecule has 2 fully saturated rings. The van der Waals surface area contributed by atoms with Gasteiger partial charge in [-0.2, -0.15) is 0 Å². The number of nitrogens with one attached hydrogen (secondary N) is 1. The Bertz CT molecular complexity index is 742. The molecule has 1 atom stereocenters. The number of fused-ring (bicyclic) bond motifs is 1. The third kappa shape index (κ3) is 2.98. The standard InChI is InChI=1S/C17H21N3O3S/c1-22-12-2-3-13-14(10-12)19-17(18-13)24-15-4-7-20(16(15)21)11-5-8-23-9-6-11/h2-3,10-11,15H,4-9H2,1H3,(H,18,19). The van der Waals surface area contributed by atoms with E-state index in [4.69, 9.17) is 9.47 Å². The molecule has 0 radical (unpaired) electrons. The summed E-state index contributed by atoms with van der Waals surface area (Å²) in [4.78, 5) is 22.7. The zero-order valence-electron chi connectivity index (χ0n) is 13.7. The molecule has 1 aromatic heterocycles. The van der Waals surface area contributed by atoms with Crippen LogP contribution < -0.4 is 4.74 Å². The highest BCUT2D eigenvalue weighted by atomic mass is 32.2. The van der Waals surface area contributed by atoms with Crippen molar-refractivity contribution in [3.05, 3.63) is 18.2 Å². The van der Waals surface area contributed by atoms with Gasteiger partial charge < -0.3 is 19.4 Å². The van der Waals surface area contributed by atoms with Gasteiger partial charge in [0.25, 0.3) is 0 Å². The number of carbonyl (C=O) groups is 1. The van der Waals surface area contributed by atoms with Gasteiger partial charge >= 0.3 is 0 Å². The van der Waals surface area contributed by atoms with Crippen LogP contribution >= 0.6 is 11.8 Å². The van der Waals surface area contributed by atoms with Crippen molar-refractivity contribution in [3.8, 4) is 5.75 Å². The van der Waals surface area contributed by atoms with Gasteiger partial charge in [0.05, 0.1) is 23.4 Å². The highest BCUT2D eigenvalue weighted by Gasteiger charge is 2.37. The van der Waals surface area contributed by atoms with Crippen molar-refractivity contribution in [2.45, 2.75) is 35.7 Å². The number of nitrogens with zero attached hydrogens (tertiary/aromatic N) is 2. The van der Waals surface area contributed by atoms with Crippen molar-refractivity contribution in [1.82, 2.24) is 14.9 Å². The molecule has 7 heteroatoms. The molecule has 0 bridgehead atoms. The van der Waals surface area contributed by atoms with Crippen LogP contribution in [-0.4, -0.2) is 58.9 Å². The Morgan fingerprint density at radius 1 is 1.33 bits per heavy atom. The molecule has 128 valence electrons. The Kier molecular flexibility index (Phi) is 4.37. The van der Waals surface area contributed by atoms with Gasteiger partial charge in [0.1, 0.15) is 5.75 Å². The van der Waals surface area contributed by atoms with E-state index in [1.54, 1.807) is 7.11 Å². The number of H-pyrrole nitrogens is 1. The number of ether oxygens (including phenoxy) is 2. The molecule has 2 aliphatic heterocycles. The van der Waals surface area contributed by atoms with E-state index >= 15 is 0 Å². The van der Waals surface area contributed by atoms with Crippen LogP contribution in [0.4, 0.5) is 0 Å². The minimum Gasteiger partial charge on any atom is -0.497 e. The van der Waals surface area contributed by atoms with Crippen molar-refractivity contribution in [1.29, 1.82) is 0 Å². The first-order valence-electron chi connectivity index (χ1n) is 8.33. The molecule has 1 N–H and O–H groups in total. The number of methoxy groups -OCH3 is 1. The molecule has 6 nitrogen and oxygen atoms in total. The molecule has 1 amide bonds. The van der Waals surface area contributed by atoms with Crippen LogP contribution in [0.25, 0.3) is 11.0 Å². The molecule has 2 aromatic rings. The van der Waals surface area contributed by atoms with E-state index in [-0.39, 0.29) is 11.2 Å². The van der Waals surface area contributed by atoms with E-state index in [2.05, 4.69) is 9.97 Å². The Morgan fingerprint density at radius 2 is 2.17 bits per heavy atom. The Balaban J connectivity index is 1.46. The van der Waals surface area contributed by atoms with Gasteiger partial charge in [-0.05, 0) is 31.4 Å². The SMILES string of the molecule is COc1ccc2nc(SC3CCN(C4CCOCC4)C3=O)[nH]c2c1. The third-order valence-corrected chi connectivity index (χ3v) is 5.88. The summed E-state index contributed by atoms with van der Waals surface area (Å²) in [6, 6.07) is 6.10. The molecule has 24 heavy (non-hydrogen) atoms. The molecule has 0 spiro atoms. The summed E-state index contributed by atoms with van der Waals surface area (Å²) in [7, 11) is 1.65. The fourth-order valence-corrected chi connectivity index (χ4v) is 4.48. The number of carbonyl (C=O) groups excluding carboxylic acids is 1. The number of rotatable bonds is 4. The second kappa shape index (κ2) is 6.64. The summed E-state index contributed by atoms with van der Waals surface area (Å²) in [5.74, 6) is 1.04. The van der Waals surface area contributed by atoms with Gasteiger partial charge in [0.15, 0.2) is 5.16 Å². The highest BCUT2D eigenvalue weighted by Crippen LogP contribution is 2.33. The quantitative estimate of drug-likeness (QED) is 0.920. The topological polar surface area (TPSA) is 67.5 Å². The van der Waals surface area contributed by atoms with Crippen molar-refractivity contribution >= 4 is 28.7 Å². The molecule has 4 rings (SSSR count). The maximum absolute atomic E-state index is 12.7. The summed E-state index contributed by atoms with van der Waals surface area (Å²) in [6.45, 7) is 2.37. The van der Waals surface area contributed by atoms with E-state index in [9.17, 15) is 4.79 Å². The van der Waals surface area contributed by atoms with Gasteiger partial charge in [0.2, 0.25) is 5.91 Å². The average molecular weight is 347 g/mol. The summed E-state index contributed by atoms with van der Waals surface area (Å²) in [6.07, 6.45) is 2.78. The van der Waals surface area contributed by atoms with E-state index in [1.807, 2.05) is 23.1 Å². The van der Waals surface area contributed by atoms with E-state index in [0.717, 1.165) is 61.0 Å². The number of thioether (sulfide) groups is 1. The normalized spacial score (nSPS) is 22.5. The zero-order chi connectivity index (χ0) is 16.5. The minimum absolute atomic E-state index is 0.0460. The molecular weight excluding hydrogens is 326 g/mol. The number of benzene rings is 1. The lowest BCUT2D eigenvalue weighted by Gasteiger charge is -2.31. The second-order valence-electron chi connectivity index (χ2n) is 6.20. The smallest absolute Gasteiger partial charge is 0.236 e. The lowest BCUT2D eigenvalue weighted by atomic mass is 10.1. The number of hydrogen-bond donors (Lipinski definition) is 1. The molecule has 3 heterocycles. The molecular formula is C17H21N3O3S. The number of aromatic nitrogens is 2. The van der Waals surface area contributed by atoms with E-state index in [1.165, 1.54) is 11.8 Å². The predicted molar refractivity (Wildman–Crippen MR) is 92.5 cm³/mol. The lowest BCUT2D eigenvalue weighted by molar-refractivity contribution is -0.130. The number of aromatic amines is 1. The molecule has 2 saturated heterocycles. The van der Waals surface area contributed by atoms with Crippen molar-refractivity contribution in [2.75, 3.05) is 26.9 Å². The van der Waals surface area contributed by atoms with Crippen LogP contribution in [0.1, 0.15) is 19.3 Å². The summed E-state index contributed by atoms with van der Waals surface area (Å²) in [5.41, 5.74) is 1.83. The van der Waals surface area contributed by atoms with Crippen LogP contribution in [0.15, 0.2) is 23.4 Å². The van der Waals surface area contributed by atoms with Gasteiger partial charge in [-0.1, -0.05) is 11.8 Å². The number of likely N-dealkylation sites (tertiary alicyclic amines) is 1. The van der Waals surface area contributed by atoms with Crippen LogP contribution in [0.2, 0.25) is 0 Å². The molecule has 0 aliphatic carbocycles. The first-order valence-corrected chi connectivity index (χ1v) is 9.21. The van der Waals surface area contributed by atoms with Crippen molar-refractivity contribution < 1.29 is 14.3 Å². The fourth-order valence-electron chi connectivity index (χ4n) is 3.43. The number of imidazole rings is 1. The lowest BCUT2D eigenvalue weighted by Crippen LogP contribution is -2.41. The number of hydrogen-bond acceptors (Lipinski definition) is 5. The molecule has 1 unspecified atom stereocenters. The Hall–Kier alpha value is -1.73. The summed E-state index contributed by atoms with van der Waals surface area (Å²) >= 11 is 1.54. The van der Waals surface area contributed by atoms with Crippen LogP contribution in [0.3, 0.4) is 0 Å². The van der Waals surface area contributed by atoms with Gasteiger partial charge in [0, 0.05) is 31.9 Å². The monoisotopic (exact) mass is 347 g/mol. The maximum atomic E-state index is 12.7. The van der Waals surface area contributed by atoms with Crippen LogP contribution in [0.5, 0.6) is 5.75 Å². The van der Waals surface area contributed by atoms with Gasteiger partial charge in [-0.15, -0.1) is 0 Å². The first-order chi connectivity index (χ1) is 11.7.